The average molecular weight is 433 g/mol. The van der Waals surface area contributed by atoms with Crippen molar-refractivity contribution in [3.8, 4) is 0 Å². The van der Waals surface area contributed by atoms with E-state index in [-0.39, 0.29) is 11.8 Å². The lowest BCUT2D eigenvalue weighted by atomic mass is 9.95. The highest BCUT2D eigenvalue weighted by atomic mass is 32.2. The molecule has 0 unspecified atom stereocenters. The molecule has 1 aliphatic rings. The predicted octanol–water partition coefficient (Wildman–Crippen LogP) is 4.78. The Hall–Kier alpha value is -2.86. The Morgan fingerprint density at radius 1 is 1.03 bits per heavy atom. The van der Waals surface area contributed by atoms with Crippen molar-refractivity contribution < 1.29 is 4.79 Å². The van der Waals surface area contributed by atoms with E-state index in [9.17, 15) is 4.79 Å². The molecule has 1 amide bonds. The molecule has 3 aromatic rings. The SMILES string of the molecule is Cc1ccc(Sc2nccnc2N2CCC(C(=O)NCc3ccccc3C)CC2)cc1. The van der Waals surface area contributed by atoms with Crippen molar-refractivity contribution in [3.05, 3.63) is 77.6 Å². The van der Waals surface area contributed by atoms with E-state index < -0.39 is 0 Å². The zero-order valence-corrected chi connectivity index (χ0v) is 18.9. The van der Waals surface area contributed by atoms with Crippen LogP contribution in [0.3, 0.4) is 0 Å². The van der Waals surface area contributed by atoms with Gasteiger partial charge in [-0.15, -0.1) is 0 Å². The van der Waals surface area contributed by atoms with Crippen LogP contribution in [0, 0.1) is 19.8 Å². The van der Waals surface area contributed by atoms with Crippen molar-refractivity contribution in [2.45, 2.75) is 43.2 Å². The Bertz CT molecular complexity index is 1030. The fourth-order valence-corrected chi connectivity index (χ4v) is 4.70. The molecule has 1 saturated heterocycles. The molecule has 4 rings (SSSR count). The van der Waals surface area contributed by atoms with Gasteiger partial charge < -0.3 is 10.2 Å². The molecule has 0 aliphatic carbocycles. The minimum atomic E-state index is 0.0464. The summed E-state index contributed by atoms with van der Waals surface area (Å²) in [5.74, 6) is 1.10. The molecule has 0 saturated carbocycles. The topological polar surface area (TPSA) is 58.1 Å². The van der Waals surface area contributed by atoms with Gasteiger partial charge >= 0.3 is 0 Å². The van der Waals surface area contributed by atoms with E-state index in [0.717, 1.165) is 41.7 Å². The quantitative estimate of drug-likeness (QED) is 0.608. The highest BCUT2D eigenvalue weighted by Gasteiger charge is 2.27. The largest absolute Gasteiger partial charge is 0.354 e. The first-order chi connectivity index (χ1) is 15.1. The lowest BCUT2D eigenvalue weighted by Gasteiger charge is -2.32. The van der Waals surface area contributed by atoms with E-state index in [1.54, 1.807) is 24.2 Å². The van der Waals surface area contributed by atoms with Gasteiger partial charge in [-0.1, -0.05) is 53.7 Å². The number of rotatable bonds is 6. The van der Waals surface area contributed by atoms with Crippen LogP contribution in [0.4, 0.5) is 5.82 Å². The van der Waals surface area contributed by atoms with E-state index in [4.69, 9.17) is 0 Å². The van der Waals surface area contributed by atoms with Crippen LogP contribution >= 0.6 is 11.8 Å². The number of aromatic nitrogens is 2. The van der Waals surface area contributed by atoms with Crippen LogP contribution in [0.15, 0.2) is 70.8 Å². The number of nitrogens with one attached hydrogen (secondary N) is 1. The summed E-state index contributed by atoms with van der Waals surface area (Å²) in [6, 6.07) is 16.6. The Labute approximate surface area is 188 Å². The Balaban J connectivity index is 1.35. The second-order valence-corrected chi connectivity index (χ2v) is 9.07. The number of piperidine rings is 1. The summed E-state index contributed by atoms with van der Waals surface area (Å²) < 4.78 is 0. The van der Waals surface area contributed by atoms with Crippen LogP contribution in [-0.4, -0.2) is 29.0 Å². The molecule has 2 aromatic carbocycles. The Morgan fingerprint density at radius 3 is 2.48 bits per heavy atom. The molecule has 0 bridgehead atoms. The Morgan fingerprint density at radius 2 is 1.74 bits per heavy atom. The van der Waals surface area contributed by atoms with E-state index in [0.29, 0.717) is 6.54 Å². The molecule has 6 heteroatoms. The summed E-state index contributed by atoms with van der Waals surface area (Å²) in [6.07, 6.45) is 5.14. The number of benzene rings is 2. The first-order valence-electron chi connectivity index (χ1n) is 10.7. The third kappa shape index (κ3) is 5.44. The summed E-state index contributed by atoms with van der Waals surface area (Å²) in [5, 5.41) is 4.03. The second kappa shape index (κ2) is 9.96. The molecular formula is C25H28N4OS. The minimum Gasteiger partial charge on any atom is -0.354 e. The third-order valence-electron chi connectivity index (χ3n) is 5.76. The minimum absolute atomic E-state index is 0.0464. The van der Waals surface area contributed by atoms with Gasteiger partial charge in [-0.3, -0.25) is 4.79 Å². The number of nitrogens with zero attached hydrogens (tertiary/aromatic N) is 3. The molecule has 1 aliphatic heterocycles. The molecule has 0 atom stereocenters. The van der Waals surface area contributed by atoms with Crippen molar-refractivity contribution in [2.75, 3.05) is 18.0 Å². The molecular weight excluding hydrogens is 404 g/mol. The zero-order chi connectivity index (χ0) is 21.6. The number of carbonyl (C=O) groups is 1. The maximum Gasteiger partial charge on any atom is 0.223 e. The van der Waals surface area contributed by atoms with Gasteiger partial charge in [-0.2, -0.15) is 0 Å². The average Bonchev–Trinajstić information content (AvgIpc) is 2.80. The first-order valence-corrected chi connectivity index (χ1v) is 11.5. The number of hydrogen-bond donors (Lipinski definition) is 1. The van der Waals surface area contributed by atoms with Crippen LogP contribution in [0.1, 0.15) is 29.5 Å². The van der Waals surface area contributed by atoms with E-state index >= 15 is 0 Å². The van der Waals surface area contributed by atoms with Crippen LogP contribution in [0.5, 0.6) is 0 Å². The van der Waals surface area contributed by atoms with Crippen molar-refractivity contribution in [3.63, 3.8) is 0 Å². The van der Waals surface area contributed by atoms with Gasteiger partial charge in [0.05, 0.1) is 0 Å². The fourth-order valence-electron chi connectivity index (χ4n) is 3.81. The monoisotopic (exact) mass is 432 g/mol. The summed E-state index contributed by atoms with van der Waals surface area (Å²) >= 11 is 1.64. The number of carbonyl (C=O) groups excluding carboxylic acids is 1. The highest BCUT2D eigenvalue weighted by Crippen LogP contribution is 2.34. The number of aryl methyl sites for hydroxylation is 2. The number of amides is 1. The van der Waals surface area contributed by atoms with E-state index in [1.807, 2.05) is 12.1 Å². The smallest absolute Gasteiger partial charge is 0.223 e. The van der Waals surface area contributed by atoms with Gasteiger partial charge in [-0.25, -0.2) is 9.97 Å². The summed E-state index contributed by atoms with van der Waals surface area (Å²) in [4.78, 5) is 25.3. The van der Waals surface area contributed by atoms with Gasteiger partial charge in [0.15, 0.2) is 5.82 Å². The normalized spacial score (nSPS) is 14.5. The molecule has 5 nitrogen and oxygen atoms in total. The lowest BCUT2D eigenvalue weighted by Crippen LogP contribution is -2.41. The zero-order valence-electron chi connectivity index (χ0n) is 18.0. The van der Waals surface area contributed by atoms with Crippen molar-refractivity contribution in [1.29, 1.82) is 0 Å². The number of hydrogen-bond acceptors (Lipinski definition) is 5. The number of anilines is 1. The summed E-state index contributed by atoms with van der Waals surface area (Å²) in [7, 11) is 0. The molecule has 1 N–H and O–H groups in total. The van der Waals surface area contributed by atoms with Gasteiger partial charge in [0.25, 0.3) is 0 Å². The predicted molar refractivity (Wildman–Crippen MR) is 125 cm³/mol. The van der Waals surface area contributed by atoms with E-state index in [1.165, 1.54) is 16.7 Å². The van der Waals surface area contributed by atoms with Crippen LogP contribution in [-0.2, 0) is 11.3 Å². The first kappa shape index (κ1) is 21.4. The third-order valence-corrected chi connectivity index (χ3v) is 6.75. The van der Waals surface area contributed by atoms with Crippen molar-refractivity contribution in [1.82, 2.24) is 15.3 Å². The maximum atomic E-state index is 12.7. The molecule has 1 fully saturated rings. The van der Waals surface area contributed by atoms with Gasteiger partial charge in [0.2, 0.25) is 5.91 Å². The van der Waals surface area contributed by atoms with Gasteiger partial charge in [0, 0.05) is 42.8 Å². The molecule has 31 heavy (non-hydrogen) atoms. The molecule has 1 aromatic heterocycles. The highest BCUT2D eigenvalue weighted by molar-refractivity contribution is 7.99. The standard InChI is InChI=1S/C25H28N4OS/c1-18-7-9-22(10-8-18)31-25-23(26-13-14-27-25)29-15-11-20(12-16-29)24(30)28-17-21-6-4-3-5-19(21)2/h3-10,13-14,20H,11-12,15-17H2,1-2H3,(H,28,30). The van der Waals surface area contributed by atoms with Crippen molar-refractivity contribution in [2.24, 2.45) is 5.92 Å². The lowest BCUT2D eigenvalue weighted by molar-refractivity contribution is -0.125. The molecule has 0 radical (unpaired) electrons. The van der Waals surface area contributed by atoms with Crippen molar-refractivity contribution >= 4 is 23.5 Å². The van der Waals surface area contributed by atoms with Gasteiger partial charge in [0.1, 0.15) is 5.03 Å². The molecule has 0 spiro atoms. The van der Waals surface area contributed by atoms with Gasteiger partial charge in [-0.05, 0) is 49.9 Å². The van der Waals surface area contributed by atoms with Crippen LogP contribution in [0.2, 0.25) is 0 Å². The maximum absolute atomic E-state index is 12.7. The molecule has 2 heterocycles. The summed E-state index contributed by atoms with van der Waals surface area (Å²) in [6.45, 7) is 6.37. The molecule has 160 valence electrons. The van der Waals surface area contributed by atoms with Crippen LogP contribution in [0.25, 0.3) is 0 Å². The summed E-state index contributed by atoms with van der Waals surface area (Å²) in [5.41, 5.74) is 3.62. The Kier molecular flexibility index (Phi) is 6.87. The van der Waals surface area contributed by atoms with Crippen LogP contribution < -0.4 is 10.2 Å². The van der Waals surface area contributed by atoms with E-state index in [2.05, 4.69) is 70.4 Å². The second-order valence-electron chi connectivity index (χ2n) is 8.01. The fraction of sp³-hybridized carbons (Fsp3) is 0.320.